The molecule has 1 aromatic carbocycles. The zero-order valence-electron chi connectivity index (χ0n) is 16.9. The van der Waals surface area contributed by atoms with Crippen molar-refractivity contribution in [3.8, 4) is 5.75 Å². The fraction of sp³-hybridized carbons (Fsp3) is 0.708. The van der Waals surface area contributed by atoms with E-state index < -0.39 is 0 Å². The van der Waals surface area contributed by atoms with Gasteiger partial charge >= 0.3 is 5.97 Å². The average molecular weight is 373 g/mol. The van der Waals surface area contributed by atoms with Gasteiger partial charge < -0.3 is 9.84 Å². The number of ether oxygens (including phenoxy) is 1. The van der Waals surface area contributed by atoms with Crippen molar-refractivity contribution in [2.45, 2.75) is 90.1 Å². The lowest BCUT2D eigenvalue weighted by Gasteiger charge is -2.37. The minimum absolute atomic E-state index is 0.00637. The number of unbranched alkanes of at least 4 members (excludes halogenated alkanes) is 2. The maximum absolute atomic E-state index is 12.3. The maximum atomic E-state index is 12.3. The van der Waals surface area contributed by atoms with Gasteiger partial charge in [-0.1, -0.05) is 57.6 Å². The van der Waals surface area contributed by atoms with E-state index in [1.807, 2.05) is 0 Å². The second kappa shape index (κ2) is 10.1. The zero-order chi connectivity index (χ0) is 19.1. The third-order valence-corrected chi connectivity index (χ3v) is 6.89. The Bertz CT molecular complexity index is 581. The van der Waals surface area contributed by atoms with E-state index in [-0.39, 0.29) is 23.4 Å². The summed E-state index contributed by atoms with van der Waals surface area (Å²) in [4.78, 5) is 12.3. The number of benzene rings is 1. The first-order valence-corrected chi connectivity index (χ1v) is 11.2. The fourth-order valence-corrected chi connectivity index (χ4v) is 5.17. The molecular formula is C24H36O3. The van der Waals surface area contributed by atoms with Gasteiger partial charge in [0.25, 0.3) is 0 Å². The quantitative estimate of drug-likeness (QED) is 0.439. The fourth-order valence-electron chi connectivity index (χ4n) is 5.17. The molecule has 0 aromatic heterocycles. The number of para-hydroxylation sites is 1. The van der Waals surface area contributed by atoms with E-state index in [1.54, 1.807) is 18.2 Å². The van der Waals surface area contributed by atoms with Crippen molar-refractivity contribution in [3.05, 3.63) is 29.8 Å². The lowest BCUT2D eigenvalue weighted by molar-refractivity contribution is 0.0107. The largest absolute Gasteiger partial charge is 0.507 e. The molecule has 3 rings (SSSR count). The van der Waals surface area contributed by atoms with Crippen LogP contribution in [-0.4, -0.2) is 17.2 Å². The molecule has 2 aliphatic rings. The summed E-state index contributed by atoms with van der Waals surface area (Å²) >= 11 is 0. The van der Waals surface area contributed by atoms with Crippen molar-refractivity contribution >= 4 is 5.97 Å². The van der Waals surface area contributed by atoms with Crippen LogP contribution in [0.4, 0.5) is 0 Å². The van der Waals surface area contributed by atoms with Crippen LogP contribution in [-0.2, 0) is 4.74 Å². The number of hydrogen-bond acceptors (Lipinski definition) is 3. The van der Waals surface area contributed by atoms with Gasteiger partial charge in [0.2, 0.25) is 0 Å². The van der Waals surface area contributed by atoms with Crippen molar-refractivity contribution in [2.24, 2.45) is 17.8 Å². The molecule has 0 amide bonds. The summed E-state index contributed by atoms with van der Waals surface area (Å²) in [5.74, 6) is 2.31. The SMILES string of the molecule is CCCCCC1CCC(C2CCC(OC(=O)c3ccccc3O)CC2)CC1. The molecule has 2 aliphatic carbocycles. The second-order valence-corrected chi connectivity index (χ2v) is 8.74. The molecule has 0 aliphatic heterocycles. The van der Waals surface area contributed by atoms with Gasteiger partial charge in [0, 0.05) is 0 Å². The Hall–Kier alpha value is -1.51. The molecule has 0 heterocycles. The zero-order valence-corrected chi connectivity index (χ0v) is 16.9. The Kier molecular flexibility index (Phi) is 7.60. The summed E-state index contributed by atoms with van der Waals surface area (Å²) in [6, 6.07) is 6.63. The molecule has 27 heavy (non-hydrogen) atoms. The molecule has 3 nitrogen and oxygen atoms in total. The molecule has 0 atom stereocenters. The van der Waals surface area contributed by atoms with Crippen LogP contribution in [0.5, 0.6) is 5.75 Å². The van der Waals surface area contributed by atoms with Crippen LogP contribution >= 0.6 is 0 Å². The van der Waals surface area contributed by atoms with Crippen LogP contribution in [0, 0.1) is 17.8 Å². The Morgan fingerprint density at radius 2 is 1.59 bits per heavy atom. The Morgan fingerprint density at radius 3 is 2.22 bits per heavy atom. The van der Waals surface area contributed by atoms with E-state index in [4.69, 9.17) is 4.74 Å². The lowest BCUT2D eigenvalue weighted by Crippen LogP contribution is -2.29. The van der Waals surface area contributed by atoms with E-state index in [0.717, 1.165) is 30.6 Å². The third kappa shape index (κ3) is 5.73. The minimum atomic E-state index is -0.385. The van der Waals surface area contributed by atoms with Crippen LogP contribution in [0.3, 0.4) is 0 Å². The van der Waals surface area contributed by atoms with Gasteiger partial charge in [0.1, 0.15) is 17.4 Å². The predicted molar refractivity (Wildman–Crippen MR) is 109 cm³/mol. The van der Waals surface area contributed by atoms with Crippen molar-refractivity contribution in [1.82, 2.24) is 0 Å². The van der Waals surface area contributed by atoms with Gasteiger partial charge in [-0.25, -0.2) is 4.79 Å². The Labute approximate surface area is 164 Å². The van der Waals surface area contributed by atoms with Gasteiger partial charge in [-0.15, -0.1) is 0 Å². The first-order chi connectivity index (χ1) is 13.2. The number of hydrogen-bond donors (Lipinski definition) is 1. The first kappa shape index (κ1) is 20.2. The van der Waals surface area contributed by atoms with Gasteiger partial charge in [-0.05, 0) is 68.4 Å². The van der Waals surface area contributed by atoms with Crippen molar-refractivity contribution < 1.29 is 14.6 Å². The van der Waals surface area contributed by atoms with E-state index in [2.05, 4.69) is 6.92 Å². The minimum Gasteiger partial charge on any atom is -0.507 e. The van der Waals surface area contributed by atoms with E-state index in [9.17, 15) is 9.90 Å². The molecule has 2 saturated carbocycles. The Balaban J connectivity index is 1.38. The van der Waals surface area contributed by atoms with Gasteiger partial charge in [0.15, 0.2) is 0 Å². The van der Waals surface area contributed by atoms with Gasteiger partial charge in [-0.3, -0.25) is 0 Å². The van der Waals surface area contributed by atoms with Crippen LogP contribution < -0.4 is 0 Å². The number of carbonyl (C=O) groups is 1. The molecule has 3 heteroatoms. The summed E-state index contributed by atoms with van der Waals surface area (Å²) < 4.78 is 5.67. The first-order valence-electron chi connectivity index (χ1n) is 11.2. The summed E-state index contributed by atoms with van der Waals surface area (Å²) in [7, 11) is 0. The van der Waals surface area contributed by atoms with Crippen molar-refractivity contribution in [1.29, 1.82) is 0 Å². The highest BCUT2D eigenvalue weighted by Gasteiger charge is 2.32. The number of esters is 1. The Morgan fingerprint density at radius 1 is 0.963 bits per heavy atom. The summed E-state index contributed by atoms with van der Waals surface area (Å²) in [5, 5.41) is 9.81. The highest BCUT2D eigenvalue weighted by atomic mass is 16.5. The van der Waals surface area contributed by atoms with Crippen LogP contribution in [0.25, 0.3) is 0 Å². The van der Waals surface area contributed by atoms with E-state index in [1.165, 1.54) is 70.3 Å². The average Bonchev–Trinajstić information content (AvgIpc) is 2.70. The molecule has 0 spiro atoms. The normalized spacial score (nSPS) is 28.6. The molecular weight excluding hydrogens is 336 g/mol. The maximum Gasteiger partial charge on any atom is 0.342 e. The van der Waals surface area contributed by atoms with Crippen LogP contribution in [0.15, 0.2) is 24.3 Å². The monoisotopic (exact) mass is 372 g/mol. The topological polar surface area (TPSA) is 46.5 Å². The molecule has 0 radical (unpaired) electrons. The van der Waals surface area contributed by atoms with Crippen LogP contribution in [0.2, 0.25) is 0 Å². The summed E-state index contributed by atoms with van der Waals surface area (Å²) in [6.07, 6.45) is 15.6. The van der Waals surface area contributed by atoms with Crippen molar-refractivity contribution in [2.75, 3.05) is 0 Å². The molecule has 150 valence electrons. The number of carbonyl (C=O) groups excluding carboxylic acids is 1. The molecule has 2 fully saturated rings. The van der Waals surface area contributed by atoms with E-state index in [0.29, 0.717) is 0 Å². The predicted octanol–water partition coefficient (Wildman–Crippen LogP) is 6.49. The number of rotatable bonds is 7. The third-order valence-electron chi connectivity index (χ3n) is 6.89. The molecule has 0 bridgehead atoms. The summed E-state index contributed by atoms with van der Waals surface area (Å²) in [6.45, 7) is 2.28. The van der Waals surface area contributed by atoms with Gasteiger partial charge in [-0.2, -0.15) is 0 Å². The molecule has 0 saturated heterocycles. The van der Waals surface area contributed by atoms with E-state index >= 15 is 0 Å². The molecule has 1 aromatic rings. The highest BCUT2D eigenvalue weighted by molar-refractivity contribution is 5.92. The smallest absolute Gasteiger partial charge is 0.342 e. The molecule has 1 N–H and O–H groups in total. The number of phenols is 1. The van der Waals surface area contributed by atoms with Crippen LogP contribution in [0.1, 0.15) is 94.3 Å². The standard InChI is InChI=1S/C24H36O3/c1-2-3-4-7-18-10-12-19(13-11-18)20-14-16-21(17-15-20)27-24(26)22-8-5-6-9-23(22)25/h5-6,8-9,18-21,25H,2-4,7,10-17H2,1H3. The second-order valence-electron chi connectivity index (χ2n) is 8.74. The highest BCUT2D eigenvalue weighted by Crippen LogP contribution is 2.41. The molecule has 0 unspecified atom stereocenters. The van der Waals surface area contributed by atoms with Crippen molar-refractivity contribution in [3.63, 3.8) is 0 Å². The number of aromatic hydroxyl groups is 1. The lowest BCUT2D eigenvalue weighted by atomic mass is 9.70. The summed E-state index contributed by atoms with van der Waals surface area (Å²) in [5.41, 5.74) is 0.279. The number of phenolic OH excluding ortho intramolecular Hbond substituents is 1. The van der Waals surface area contributed by atoms with Gasteiger partial charge in [0.05, 0.1) is 0 Å².